The molecule has 0 aliphatic carbocycles. The summed E-state index contributed by atoms with van der Waals surface area (Å²) in [6.45, 7) is 1.61. The van der Waals surface area contributed by atoms with Crippen molar-refractivity contribution in [2.24, 2.45) is 5.92 Å². The van der Waals surface area contributed by atoms with E-state index in [1.165, 1.54) is 14.2 Å². The topological polar surface area (TPSA) is 50.8 Å². The molecule has 1 fully saturated rings. The first-order valence-corrected chi connectivity index (χ1v) is 9.50. The Morgan fingerprint density at radius 2 is 1.78 bits per heavy atom. The van der Waals surface area contributed by atoms with E-state index in [-0.39, 0.29) is 11.8 Å². The van der Waals surface area contributed by atoms with Crippen molar-refractivity contribution >= 4 is 40.5 Å². The number of carbonyl (C=O) groups excluding carboxylic acids is 1. The van der Waals surface area contributed by atoms with Crippen molar-refractivity contribution in [1.82, 2.24) is 0 Å². The summed E-state index contributed by atoms with van der Waals surface area (Å²) in [6, 6.07) is 11.1. The van der Waals surface area contributed by atoms with Gasteiger partial charge >= 0.3 is 0 Å². The van der Waals surface area contributed by atoms with Gasteiger partial charge in [-0.25, -0.2) is 0 Å². The Balaban J connectivity index is 1.65. The number of hydrogen-bond acceptors (Lipinski definition) is 4. The molecule has 0 aromatic heterocycles. The molecule has 1 aliphatic heterocycles. The number of anilines is 2. The first kappa shape index (κ1) is 19.6. The Labute approximate surface area is 169 Å². The van der Waals surface area contributed by atoms with E-state index < -0.39 is 0 Å². The van der Waals surface area contributed by atoms with E-state index in [9.17, 15) is 4.79 Å². The number of piperidine rings is 1. The summed E-state index contributed by atoms with van der Waals surface area (Å²) < 4.78 is 10.6. The van der Waals surface area contributed by atoms with Crippen molar-refractivity contribution in [3.8, 4) is 11.5 Å². The lowest BCUT2D eigenvalue weighted by molar-refractivity contribution is -0.120. The molecule has 2 aromatic carbocycles. The fraction of sp³-hybridized carbons (Fsp3) is 0.350. The Bertz CT molecular complexity index is 821. The van der Waals surface area contributed by atoms with E-state index in [1.807, 2.05) is 24.3 Å². The highest BCUT2D eigenvalue weighted by molar-refractivity contribution is 6.32. The van der Waals surface area contributed by atoms with Crippen LogP contribution in [0.4, 0.5) is 11.4 Å². The van der Waals surface area contributed by atoms with Gasteiger partial charge in [-0.2, -0.15) is 0 Å². The summed E-state index contributed by atoms with van der Waals surface area (Å²) in [6.07, 6.45) is 1.54. The normalized spacial score (nSPS) is 14.7. The molecule has 0 radical (unpaired) electrons. The molecule has 0 atom stereocenters. The summed E-state index contributed by atoms with van der Waals surface area (Å²) in [5, 5.41) is 4.11. The summed E-state index contributed by atoms with van der Waals surface area (Å²) in [4.78, 5) is 15.0. The van der Waals surface area contributed by atoms with Crippen LogP contribution in [0.25, 0.3) is 0 Å². The van der Waals surface area contributed by atoms with Gasteiger partial charge in [0, 0.05) is 41.9 Å². The van der Waals surface area contributed by atoms with E-state index in [2.05, 4.69) is 10.2 Å². The van der Waals surface area contributed by atoms with Crippen LogP contribution in [-0.4, -0.2) is 33.2 Å². The zero-order valence-electron chi connectivity index (χ0n) is 15.3. The number of carbonyl (C=O) groups is 1. The molecular weight excluding hydrogens is 387 g/mol. The predicted molar refractivity (Wildman–Crippen MR) is 110 cm³/mol. The minimum absolute atomic E-state index is 0.0246. The fourth-order valence-electron chi connectivity index (χ4n) is 3.27. The van der Waals surface area contributed by atoms with E-state index in [0.29, 0.717) is 22.2 Å². The monoisotopic (exact) mass is 408 g/mol. The highest BCUT2D eigenvalue weighted by Crippen LogP contribution is 2.36. The van der Waals surface area contributed by atoms with E-state index in [4.69, 9.17) is 32.7 Å². The Morgan fingerprint density at radius 1 is 1.07 bits per heavy atom. The van der Waals surface area contributed by atoms with Crippen LogP contribution >= 0.6 is 23.2 Å². The van der Waals surface area contributed by atoms with Crippen molar-refractivity contribution in [3.63, 3.8) is 0 Å². The van der Waals surface area contributed by atoms with Gasteiger partial charge in [-0.3, -0.25) is 4.79 Å². The van der Waals surface area contributed by atoms with E-state index in [0.717, 1.165) is 36.6 Å². The smallest absolute Gasteiger partial charge is 0.227 e. The molecule has 1 amide bonds. The highest BCUT2D eigenvalue weighted by atomic mass is 35.5. The maximum absolute atomic E-state index is 12.7. The van der Waals surface area contributed by atoms with Crippen LogP contribution < -0.4 is 19.7 Å². The summed E-state index contributed by atoms with van der Waals surface area (Å²) in [5.41, 5.74) is 1.64. The molecule has 0 unspecified atom stereocenters. The number of methoxy groups -OCH3 is 2. The first-order chi connectivity index (χ1) is 13.0. The van der Waals surface area contributed by atoms with Crippen LogP contribution in [0.5, 0.6) is 11.5 Å². The van der Waals surface area contributed by atoms with Crippen LogP contribution in [0.1, 0.15) is 12.8 Å². The van der Waals surface area contributed by atoms with Crippen molar-refractivity contribution in [1.29, 1.82) is 0 Å². The number of ether oxygens (including phenoxy) is 2. The van der Waals surface area contributed by atoms with Gasteiger partial charge in [-0.1, -0.05) is 29.3 Å². The number of rotatable bonds is 5. The number of halogens is 2. The van der Waals surface area contributed by atoms with Crippen molar-refractivity contribution in [2.45, 2.75) is 12.8 Å². The standard InChI is InChI=1S/C20H22Cl2N2O3/c1-26-18-12-17(19(27-2)11-16(18)22)23-20(25)13-6-8-24(9-7-13)15-5-3-4-14(21)10-15/h3-5,10-13H,6-9H2,1-2H3,(H,23,25). The van der Waals surface area contributed by atoms with Gasteiger partial charge in [0.2, 0.25) is 5.91 Å². The SMILES string of the molecule is COc1cc(NC(=O)C2CCN(c3cccc(Cl)c3)CC2)c(OC)cc1Cl. The molecule has 0 saturated carbocycles. The maximum atomic E-state index is 12.7. The molecule has 1 N–H and O–H groups in total. The lowest BCUT2D eigenvalue weighted by Gasteiger charge is -2.33. The second kappa shape index (κ2) is 8.72. The Kier molecular flexibility index (Phi) is 6.34. The zero-order valence-corrected chi connectivity index (χ0v) is 16.8. The number of nitrogens with zero attached hydrogens (tertiary/aromatic N) is 1. The van der Waals surface area contributed by atoms with Gasteiger partial charge in [0.1, 0.15) is 11.5 Å². The zero-order chi connectivity index (χ0) is 19.4. The van der Waals surface area contributed by atoms with E-state index in [1.54, 1.807) is 12.1 Å². The third-order valence-electron chi connectivity index (χ3n) is 4.77. The van der Waals surface area contributed by atoms with Gasteiger partial charge in [0.05, 0.1) is 24.9 Å². The molecule has 1 saturated heterocycles. The van der Waals surface area contributed by atoms with Crippen molar-refractivity contribution in [3.05, 3.63) is 46.4 Å². The second-order valence-corrected chi connectivity index (χ2v) is 7.26. The lowest BCUT2D eigenvalue weighted by Crippen LogP contribution is -2.38. The molecule has 0 spiro atoms. The third-order valence-corrected chi connectivity index (χ3v) is 5.30. The van der Waals surface area contributed by atoms with Gasteiger partial charge < -0.3 is 19.7 Å². The first-order valence-electron chi connectivity index (χ1n) is 8.74. The van der Waals surface area contributed by atoms with E-state index >= 15 is 0 Å². The van der Waals surface area contributed by atoms with Crippen molar-refractivity contribution < 1.29 is 14.3 Å². The van der Waals surface area contributed by atoms with Gasteiger partial charge in [-0.05, 0) is 31.0 Å². The molecule has 2 aromatic rings. The van der Waals surface area contributed by atoms with Crippen LogP contribution in [0.15, 0.2) is 36.4 Å². The Hall–Kier alpha value is -2.11. The molecule has 5 nitrogen and oxygen atoms in total. The number of amides is 1. The average Bonchev–Trinajstić information content (AvgIpc) is 2.69. The third kappa shape index (κ3) is 4.60. The van der Waals surface area contributed by atoms with Crippen LogP contribution in [0, 0.1) is 5.92 Å². The minimum Gasteiger partial charge on any atom is -0.495 e. The summed E-state index contributed by atoms with van der Waals surface area (Å²) in [5.74, 6) is 0.907. The van der Waals surface area contributed by atoms with Crippen molar-refractivity contribution in [2.75, 3.05) is 37.5 Å². The molecule has 1 aliphatic rings. The van der Waals surface area contributed by atoms with Crippen LogP contribution in [0.3, 0.4) is 0 Å². The average molecular weight is 409 g/mol. The fourth-order valence-corrected chi connectivity index (χ4v) is 3.68. The summed E-state index contributed by atoms with van der Waals surface area (Å²) in [7, 11) is 3.07. The molecule has 27 heavy (non-hydrogen) atoms. The molecule has 1 heterocycles. The second-order valence-electron chi connectivity index (χ2n) is 6.42. The molecular formula is C20H22Cl2N2O3. The van der Waals surface area contributed by atoms with Gasteiger partial charge in [0.25, 0.3) is 0 Å². The van der Waals surface area contributed by atoms with Gasteiger partial charge in [-0.15, -0.1) is 0 Å². The predicted octanol–water partition coefficient (Wildman–Crippen LogP) is 4.87. The lowest BCUT2D eigenvalue weighted by atomic mass is 9.95. The Morgan fingerprint density at radius 3 is 2.41 bits per heavy atom. The van der Waals surface area contributed by atoms with Gasteiger partial charge in [0.15, 0.2) is 0 Å². The largest absolute Gasteiger partial charge is 0.495 e. The van der Waals surface area contributed by atoms with Crippen LogP contribution in [0.2, 0.25) is 10.0 Å². The number of nitrogens with one attached hydrogen (secondary N) is 1. The molecule has 0 bridgehead atoms. The van der Waals surface area contributed by atoms with Crippen LogP contribution in [-0.2, 0) is 4.79 Å². The molecule has 7 heteroatoms. The quantitative estimate of drug-likeness (QED) is 0.766. The summed E-state index contributed by atoms with van der Waals surface area (Å²) >= 11 is 12.2. The number of hydrogen-bond donors (Lipinski definition) is 1. The number of benzene rings is 2. The maximum Gasteiger partial charge on any atom is 0.227 e. The highest BCUT2D eigenvalue weighted by Gasteiger charge is 2.26. The molecule has 3 rings (SSSR count). The minimum atomic E-state index is -0.0631. The molecule has 144 valence electrons.